The molecule has 0 spiro atoms. The van der Waals surface area contributed by atoms with Crippen molar-refractivity contribution in [3.05, 3.63) is 53.1 Å². The SMILES string of the molecule is CCOc1cc([C@@H](CS(C)(=O)=O)N2Cc3cccc(N(C(=O)O)C4CC4)c3C2=O)ccc1OC. The zero-order chi connectivity index (χ0) is 24.6. The lowest BCUT2D eigenvalue weighted by atomic mass is 10.1. The Labute approximate surface area is 198 Å². The summed E-state index contributed by atoms with van der Waals surface area (Å²) >= 11 is 0. The molecule has 2 amide bonds. The predicted octanol–water partition coefficient (Wildman–Crippen LogP) is 3.48. The number of sulfone groups is 1. The Morgan fingerprint density at radius 2 is 1.97 bits per heavy atom. The van der Waals surface area contributed by atoms with Gasteiger partial charge < -0.3 is 19.5 Å². The van der Waals surface area contributed by atoms with Gasteiger partial charge in [-0.15, -0.1) is 0 Å². The topological polar surface area (TPSA) is 113 Å². The second kappa shape index (κ2) is 9.17. The van der Waals surface area contributed by atoms with Crippen LogP contribution in [0.1, 0.15) is 47.3 Å². The highest BCUT2D eigenvalue weighted by Crippen LogP contribution is 2.41. The molecule has 0 radical (unpaired) electrons. The second-order valence-corrected chi connectivity index (χ2v) is 10.8. The van der Waals surface area contributed by atoms with Crippen molar-refractivity contribution in [1.29, 1.82) is 0 Å². The number of fused-ring (bicyclic) bond motifs is 1. The molecule has 2 aromatic rings. The van der Waals surface area contributed by atoms with Gasteiger partial charge in [-0.1, -0.05) is 18.2 Å². The highest BCUT2D eigenvalue weighted by molar-refractivity contribution is 7.90. The van der Waals surface area contributed by atoms with Crippen LogP contribution in [0.25, 0.3) is 0 Å². The van der Waals surface area contributed by atoms with E-state index in [1.54, 1.807) is 36.4 Å². The number of ether oxygens (including phenoxy) is 2. The summed E-state index contributed by atoms with van der Waals surface area (Å²) < 4.78 is 35.7. The van der Waals surface area contributed by atoms with E-state index in [0.717, 1.165) is 19.1 Å². The van der Waals surface area contributed by atoms with Gasteiger partial charge in [0.15, 0.2) is 11.5 Å². The minimum absolute atomic E-state index is 0.145. The molecular formula is C24H28N2O7S. The average Bonchev–Trinajstić information content (AvgIpc) is 3.54. The van der Waals surface area contributed by atoms with Crippen LogP contribution in [0.2, 0.25) is 0 Å². The van der Waals surface area contributed by atoms with E-state index in [4.69, 9.17) is 9.47 Å². The van der Waals surface area contributed by atoms with Gasteiger partial charge >= 0.3 is 6.09 Å². The van der Waals surface area contributed by atoms with Crippen LogP contribution in [0, 0.1) is 0 Å². The average molecular weight is 489 g/mol. The van der Waals surface area contributed by atoms with Crippen molar-refractivity contribution >= 4 is 27.5 Å². The summed E-state index contributed by atoms with van der Waals surface area (Å²) in [4.78, 5) is 28.4. The van der Waals surface area contributed by atoms with Crippen LogP contribution in [0.3, 0.4) is 0 Å². The summed E-state index contributed by atoms with van der Waals surface area (Å²) in [6.07, 6.45) is 1.52. The van der Waals surface area contributed by atoms with Crippen LogP contribution < -0.4 is 14.4 Å². The number of carbonyl (C=O) groups excluding carboxylic acids is 1. The standard InChI is InChI=1S/C24H28N2O7S/c1-4-33-21-12-15(8-11-20(21)32-2)19(14-34(3,30)31)25-13-16-6-5-7-18(22(16)23(25)27)26(24(28)29)17-9-10-17/h5-8,11-12,17,19H,4,9-10,13-14H2,1-3H3,(H,28,29)/t19-/m1/s1. The van der Waals surface area contributed by atoms with Gasteiger partial charge in [0.1, 0.15) is 9.84 Å². The Morgan fingerprint density at radius 3 is 2.56 bits per heavy atom. The first-order valence-corrected chi connectivity index (χ1v) is 13.1. The van der Waals surface area contributed by atoms with Gasteiger partial charge in [0.25, 0.3) is 5.91 Å². The third-order valence-electron chi connectivity index (χ3n) is 6.03. The van der Waals surface area contributed by atoms with E-state index < -0.39 is 22.0 Å². The Bertz CT molecular complexity index is 1220. The first-order chi connectivity index (χ1) is 16.1. The number of benzene rings is 2. The zero-order valence-corrected chi connectivity index (χ0v) is 20.2. The molecular weight excluding hydrogens is 460 g/mol. The first kappa shape index (κ1) is 23.9. The van der Waals surface area contributed by atoms with E-state index in [1.807, 2.05) is 6.92 Å². The molecule has 0 bridgehead atoms. The summed E-state index contributed by atoms with van der Waals surface area (Å²) in [6.45, 7) is 2.40. The molecule has 0 saturated heterocycles. The van der Waals surface area contributed by atoms with E-state index in [-0.39, 0.29) is 24.2 Å². The number of hydrogen-bond acceptors (Lipinski definition) is 6. The van der Waals surface area contributed by atoms with Gasteiger partial charge in [0.05, 0.1) is 36.8 Å². The molecule has 1 atom stereocenters. The number of anilines is 1. The van der Waals surface area contributed by atoms with Crippen molar-refractivity contribution in [2.75, 3.05) is 30.6 Å². The first-order valence-electron chi connectivity index (χ1n) is 11.1. The van der Waals surface area contributed by atoms with Crippen LogP contribution in [0.5, 0.6) is 11.5 Å². The molecule has 4 rings (SSSR count). The van der Waals surface area contributed by atoms with Gasteiger partial charge in [0.2, 0.25) is 0 Å². The van der Waals surface area contributed by atoms with Crippen molar-refractivity contribution in [3.8, 4) is 11.5 Å². The molecule has 2 aromatic carbocycles. The number of hydrogen-bond donors (Lipinski definition) is 1. The zero-order valence-electron chi connectivity index (χ0n) is 19.4. The number of carboxylic acid groups (broad SMARTS) is 1. The van der Waals surface area contributed by atoms with Gasteiger partial charge in [-0.05, 0) is 49.1 Å². The molecule has 9 nitrogen and oxygen atoms in total. The third-order valence-corrected chi connectivity index (χ3v) is 6.95. The van der Waals surface area contributed by atoms with E-state index in [0.29, 0.717) is 40.5 Å². The molecule has 1 aliphatic carbocycles. The lowest BCUT2D eigenvalue weighted by Crippen LogP contribution is -2.35. The molecule has 2 aliphatic rings. The number of carbonyl (C=O) groups is 2. The molecule has 1 aliphatic heterocycles. The highest BCUT2D eigenvalue weighted by Gasteiger charge is 2.41. The Balaban J connectivity index is 1.76. The number of methoxy groups -OCH3 is 1. The monoisotopic (exact) mass is 488 g/mol. The fourth-order valence-corrected chi connectivity index (χ4v) is 5.37. The lowest BCUT2D eigenvalue weighted by molar-refractivity contribution is 0.0718. The fraction of sp³-hybridized carbons (Fsp3) is 0.417. The largest absolute Gasteiger partial charge is 0.493 e. The van der Waals surface area contributed by atoms with E-state index in [9.17, 15) is 23.1 Å². The van der Waals surface area contributed by atoms with Crippen LogP contribution >= 0.6 is 0 Å². The lowest BCUT2D eigenvalue weighted by Gasteiger charge is -2.28. The van der Waals surface area contributed by atoms with E-state index >= 15 is 0 Å². The van der Waals surface area contributed by atoms with Crippen molar-refractivity contribution in [3.63, 3.8) is 0 Å². The molecule has 1 N–H and O–H groups in total. The molecule has 0 aromatic heterocycles. The van der Waals surface area contributed by atoms with Crippen molar-refractivity contribution in [2.24, 2.45) is 0 Å². The molecule has 1 saturated carbocycles. The van der Waals surface area contributed by atoms with Crippen molar-refractivity contribution in [1.82, 2.24) is 4.90 Å². The number of nitrogens with zero attached hydrogens (tertiary/aromatic N) is 2. The van der Waals surface area contributed by atoms with Crippen molar-refractivity contribution < 1.29 is 32.6 Å². The Kier molecular flexibility index (Phi) is 6.44. The van der Waals surface area contributed by atoms with Crippen LogP contribution in [0.4, 0.5) is 10.5 Å². The van der Waals surface area contributed by atoms with Crippen LogP contribution in [-0.2, 0) is 16.4 Å². The quantitative estimate of drug-likeness (QED) is 0.575. The molecule has 0 unspecified atom stereocenters. The molecule has 34 heavy (non-hydrogen) atoms. The third kappa shape index (κ3) is 4.68. The normalized spacial score (nSPS) is 16.2. The van der Waals surface area contributed by atoms with Gasteiger partial charge in [-0.25, -0.2) is 13.2 Å². The second-order valence-electron chi connectivity index (χ2n) is 8.58. The predicted molar refractivity (Wildman–Crippen MR) is 126 cm³/mol. The summed E-state index contributed by atoms with van der Waals surface area (Å²) in [6, 6.07) is 9.33. The van der Waals surface area contributed by atoms with Crippen LogP contribution in [0.15, 0.2) is 36.4 Å². The Hall–Kier alpha value is -3.27. The summed E-state index contributed by atoms with van der Waals surface area (Å²) in [7, 11) is -1.96. The van der Waals surface area contributed by atoms with Crippen LogP contribution in [-0.4, -0.2) is 62.2 Å². The van der Waals surface area contributed by atoms with E-state index in [1.165, 1.54) is 16.9 Å². The number of amides is 2. The smallest absolute Gasteiger partial charge is 0.412 e. The minimum Gasteiger partial charge on any atom is -0.493 e. The van der Waals surface area contributed by atoms with E-state index in [2.05, 4.69) is 0 Å². The summed E-state index contributed by atoms with van der Waals surface area (Å²) in [5, 5.41) is 9.79. The molecule has 182 valence electrons. The summed E-state index contributed by atoms with van der Waals surface area (Å²) in [5.41, 5.74) is 1.93. The molecule has 1 fully saturated rings. The molecule has 1 heterocycles. The number of rotatable bonds is 9. The van der Waals surface area contributed by atoms with Gasteiger partial charge in [-0.3, -0.25) is 9.69 Å². The maximum absolute atomic E-state index is 13.7. The highest BCUT2D eigenvalue weighted by atomic mass is 32.2. The molecule has 10 heteroatoms. The Morgan fingerprint density at radius 1 is 1.24 bits per heavy atom. The maximum atomic E-state index is 13.7. The van der Waals surface area contributed by atoms with Gasteiger partial charge in [0, 0.05) is 18.8 Å². The fourth-order valence-electron chi connectivity index (χ4n) is 4.43. The maximum Gasteiger partial charge on any atom is 0.412 e. The summed E-state index contributed by atoms with van der Waals surface area (Å²) in [5.74, 6) is 0.283. The minimum atomic E-state index is -3.47. The van der Waals surface area contributed by atoms with Crippen molar-refractivity contribution in [2.45, 2.75) is 38.4 Å². The van der Waals surface area contributed by atoms with Gasteiger partial charge in [-0.2, -0.15) is 0 Å².